The van der Waals surface area contributed by atoms with Crippen LogP contribution >= 0.6 is 12.4 Å². The number of amides is 1. The maximum Gasteiger partial charge on any atom is 0.270 e. The van der Waals surface area contributed by atoms with Crippen molar-refractivity contribution in [3.8, 4) is 0 Å². The summed E-state index contributed by atoms with van der Waals surface area (Å²) in [4.78, 5) is 25.1. The van der Waals surface area contributed by atoms with Gasteiger partial charge in [0.05, 0.1) is 4.92 Å². The van der Waals surface area contributed by atoms with E-state index in [0.717, 1.165) is 44.6 Å². The normalized spacial score (nSPS) is 19.6. The predicted molar refractivity (Wildman–Crippen MR) is 94.8 cm³/mol. The SMILES string of the molecule is Cc1cc(C(=O)N2CCC3(CCNCC3)CC2)cc([N+](=O)[O-])c1.Cl. The molecule has 2 aliphatic heterocycles. The first-order valence-electron chi connectivity index (χ1n) is 8.25. The number of nitro groups is 1. The molecule has 6 nitrogen and oxygen atoms in total. The summed E-state index contributed by atoms with van der Waals surface area (Å²) >= 11 is 0. The van der Waals surface area contributed by atoms with Crippen LogP contribution in [0.15, 0.2) is 18.2 Å². The Balaban J connectivity index is 0.00000208. The maximum atomic E-state index is 12.7. The average molecular weight is 354 g/mol. The molecule has 0 aromatic heterocycles. The molecule has 0 unspecified atom stereocenters. The van der Waals surface area contributed by atoms with Crippen LogP contribution in [0.5, 0.6) is 0 Å². The number of rotatable bonds is 2. The lowest BCUT2D eigenvalue weighted by atomic mass is 9.71. The molecule has 1 amide bonds. The van der Waals surface area contributed by atoms with Gasteiger partial charge < -0.3 is 10.2 Å². The number of likely N-dealkylation sites (tertiary alicyclic amines) is 1. The number of hydrogen-bond acceptors (Lipinski definition) is 4. The van der Waals surface area contributed by atoms with E-state index in [2.05, 4.69) is 5.32 Å². The molecule has 0 atom stereocenters. The first-order chi connectivity index (χ1) is 11.0. The number of nitro benzene ring substituents is 1. The number of non-ortho nitro benzene ring substituents is 1. The number of hydrogen-bond donors (Lipinski definition) is 1. The molecule has 2 heterocycles. The molecule has 2 aliphatic rings. The zero-order chi connectivity index (χ0) is 16.4. The number of benzene rings is 1. The van der Waals surface area contributed by atoms with E-state index in [1.165, 1.54) is 25.0 Å². The highest BCUT2D eigenvalue weighted by atomic mass is 35.5. The summed E-state index contributed by atoms with van der Waals surface area (Å²) in [7, 11) is 0. The first kappa shape index (κ1) is 18.7. The number of carbonyl (C=O) groups is 1. The second kappa shape index (κ2) is 7.49. The van der Waals surface area contributed by atoms with E-state index >= 15 is 0 Å². The van der Waals surface area contributed by atoms with Crippen molar-refractivity contribution >= 4 is 24.0 Å². The van der Waals surface area contributed by atoms with Gasteiger partial charge in [-0.3, -0.25) is 14.9 Å². The third-order valence-electron chi connectivity index (χ3n) is 5.30. The minimum absolute atomic E-state index is 0. The van der Waals surface area contributed by atoms with Gasteiger partial charge >= 0.3 is 0 Å². The Kier molecular flexibility index (Phi) is 5.83. The molecule has 2 fully saturated rings. The van der Waals surface area contributed by atoms with E-state index in [0.29, 0.717) is 11.0 Å². The van der Waals surface area contributed by atoms with Crippen LogP contribution in [0.2, 0.25) is 0 Å². The fourth-order valence-electron chi connectivity index (χ4n) is 3.82. The molecule has 7 heteroatoms. The molecule has 1 aromatic rings. The van der Waals surface area contributed by atoms with E-state index in [4.69, 9.17) is 0 Å². The Hall–Kier alpha value is -1.66. The third-order valence-corrected chi connectivity index (χ3v) is 5.30. The molecule has 1 spiro atoms. The Bertz CT molecular complexity index is 620. The largest absolute Gasteiger partial charge is 0.339 e. The van der Waals surface area contributed by atoms with E-state index in [1.807, 2.05) is 4.90 Å². The van der Waals surface area contributed by atoms with Gasteiger partial charge in [-0.05, 0) is 62.7 Å². The quantitative estimate of drug-likeness (QED) is 0.655. The average Bonchev–Trinajstić information content (AvgIpc) is 2.55. The molecule has 1 aromatic carbocycles. The van der Waals surface area contributed by atoms with E-state index in [-0.39, 0.29) is 24.0 Å². The van der Waals surface area contributed by atoms with Gasteiger partial charge in [-0.2, -0.15) is 0 Å². The van der Waals surface area contributed by atoms with Gasteiger partial charge in [-0.15, -0.1) is 12.4 Å². The Morgan fingerprint density at radius 2 is 1.79 bits per heavy atom. The highest BCUT2D eigenvalue weighted by Gasteiger charge is 2.36. The van der Waals surface area contributed by atoms with Crippen molar-refractivity contribution in [3.63, 3.8) is 0 Å². The maximum absolute atomic E-state index is 12.7. The summed E-state index contributed by atoms with van der Waals surface area (Å²) in [6, 6.07) is 4.63. The van der Waals surface area contributed by atoms with Crippen LogP contribution in [-0.2, 0) is 0 Å². The van der Waals surface area contributed by atoms with Gasteiger partial charge in [0, 0.05) is 30.8 Å². The van der Waals surface area contributed by atoms with Crippen LogP contribution in [0, 0.1) is 22.5 Å². The van der Waals surface area contributed by atoms with Crippen molar-refractivity contribution in [3.05, 3.63) is 39.4 Å². The number of aryl methyl sites for hydroxylation is 1. The summed E-state index contributed by atoms with van der Waals surface area (Å²) < 4.78 is 0. The number of piperidine rings is 2. The highest BCUT2D eigenvalue weighted by Crippen LogP contribution is 2.39. The van der Waals surface area contributed by atoms with E-state index < -0.39 is 4.92 Å². The summed E-state index contributed by atoms with van der Waals surface area (Å²) in [6.07, 6.45) is 4.44. The number of carbonyl (C=O) groups excluding carboxylic acids is 1. The van der Waals surface area contributed by atoms with E-state index in [9.17, 15) is 14.9 Å². The molecular formula is C17H24ClN3O3. The smallest absolute Gasteiger partial charge is 0.270 e. The molecule has 132 valence electrons. The van der Waals surface area contributed by atoms with Crippen molar-refractivity contribution in [2.24, 2.45) is 5.41 Å². The van der Waals surface area contributed by atoms with Crippen molar-refractivity contribution in [1.29, 1.82) is 0 Å². The van der Waals surface area contributed by atoms with Crippen molar-refractivity contribution in [1.82, 2.24) is 10.2 Å². The summed E-state index contributed by atoms with van der Waals surface area (Å²) in [5.41, 5.74) is 1.55. The molecule has 24 heavy (non-hydrogen) atoms. The van der Waals surface area contributed by atoms with Crippen LogP contribution in [0.4, 0.5) is 5.69 Å². The standard InChI is InChI=1S/C17H23N3O3.ClH/c1-13-10-14(12-15(11-13)20(22)23)16(21)19-8-4-17(5-9-19)2-6-18-7-3-17;/h10-12,18H,2-9H2,1H3;1H. The monoisotopic (exact) mass is 353 g/mol. The van der Waals surface area contributed by atoms with Gasteiger partial charge in [-0.25, -0.2) is 0 Å². The van der Waals surface area contributed by atoms with Crippen molar-refractivity contribution in [2.45, 2.75) is 32.6 Å². The van der Waals surface area contributed by atoms with Crippen LogP contribution in [0.3, 0.4) is 0 Å². The Labute approximate surface area is 148 Å². The zero-order valence-corrected chi connectivity index (χ0v) is 14.7. The molecule has 0 saturated carbocycles. The first-order valence-corrected chi connectivity index (χ1v) is 8.25. The molecule has 0 radical (unpaired) electrons. The molecule has 2 saturated heterocycles. The predicted octanol–water partition coefficient (Wildman–Crippen LogP) is 2.93. The Morgan fingerprint density at radius 1 is 1.17 bits per heavy atom. The molecule has 3 rings (SSSR count). The topological polar surface area (TPSA) is 75.5 Å². The van der Waals surface area contributed by atoms with Crippen LogP contribution in [0.25, 0.3) is 0 Å². The fourth-order valence-corrected chi connectivity index (χ4v) is 3.82. The molecule has 0 aliphatic carbocycles. The number of nitrogens with zero attached hydrogens (tertiary/aromatic N) is 2. The minimum Gasteiger partial charge on any atom is -0.339 e. The Morgan fingerprint density at radius 3 is 2.38 bits per heavy atom. The second-order valence-electron chi connectivity index (χ2n) is 6.86. The number of nitrogens with one attached hydrogen (secondary N) is 1. The zero-order valence-electron chi connectivity index (χ0n) is 13.9. The third kappa shape index (κ3) is 3.87. The lowest BCUT2D eigenvalue weighted by Gasteiger charge is -2.44. The molecule has 0 bridgehead atoms. The minimum atomic E-state index is -0.440. The lowest BCUT2D eigenvalue weighted by molar-refractivity contribution is -0.384. The second-order valence-corrected chi connectivity index (χ2v) is 6.86. The van der Waals surface area contributed by atoms with Crippen LogP contribution in [0.1, 0.15) is 41.6 Å². The summed E-state index contributed by atoms with van der Waals surface area (Å²) in [5.74, 6) is -0.0828. The van der Waals surface area contributed by atoms with Gasteiger partial charge in [0.2, 0.25) is 0 Å². The van der Waals surface area contributed by atoms with Crippen molar-refractivity contribution < 1.29 is 9.72 Å². The van der Waals surface area contributed by atoms with Gasteiger partial charge in [0.1, 0.15) is 0 Å². The van der Waals surface area contributed by atoms with Crippen LogP contribution in [-0.4, -0.2) is 41.9 Å². The molecule has 1 N–H and O–H groups in total. The van der Waals surface area contributed by atoms with E-state index in [1.54, 1.807) is 13.0 Å². The van der Waals surface area contributed by atoms with Gasteiger partial charge in [0.15, 0.2) is 0 Å². The fraction of sp³-hybridized carbons (Fsp3) is 0.588. The summed E-state index contributed by atoms with van der Waals surface area (Å²) in [5, 5.41) is 14.4. The summed E-state index contributed by atoms with van der Waals surface area (Å²) in [6.45, 7) is 5.42. The number of halogens is 1. The lowest BCUT2D eigenvalue weighted by Crippen LogP contribution is -2.47. The molecular weight excluding hydrogens is 330 g/mol. The van der Waals surface area contributed by atoms with Crippen molar-refractivity contribution in [2.75, 3.05) is 26.2 Å². The van der Waals surface area contributed by atoms with Gasteiger partial charge in [-0.1, -0.05) is 0 Å². The van der Waals surface area contributed by atoms with Gasteiger partial charge in [0.25, 0.3) is 11.6 Å². The van der Waals surface area contributed by atoms with Crippen LogP contribution < -0.4 is 5.32 Å². The highest BCUT2D eigenvalue weighted by molar-refractivity contribution is 5.95.